The van der Waals surface area contributed by atoms with Gasteiger partial charge in [0.15, 0.2) is 11.5 Å². The Kier molecular flexibility index (Phi) is 24.3. The number of β-amino-alcohol motifs (C(OH)–C–C–N with tert-alkyl or cyclic N) is 1. The second-order valence-corrected chi connectivity index (χ2v) is 25.0. The Morgan fingerprint density at radius 2 is 1.49 bits per heavy atom. The predicted molar refractivity (Wildman–Crippen MR) is 320 cm³/mol. The van der Waals surface area contributed by atoms with Crippen LogP contribution in [0.25, 0.3) is 26.8 Å². The third-order valence-corrected chi connectivity index (χ3v) is 18.2. The van der Waals surface area contributed by atoms with Crippen molar-refractivity contribution in [3.63, 3.8) is 0 Å². The van der Waals surface area contributed by atoms with E-state index in [-0.39, 0.29) is 53.0 Å². The summed E-state index contributed by atoms with van der Waals surface area (Å²) in [5.41, 5.74) is 8.19. The van der Waals surface area contributed by atoms with Gasteiger partial charge in [-0.15, -0.1) is 4.33 Å². The minimum absolute atomic E-state index is 0. The molecule has 0 bridgehead atoms. The number of rotatable bonds is 16. The molecule has 36 heteroatoms. The van der Waals surface area contributed by atoms with Gasteiger partial charge in [-0.2, -0.15) is 16.9 Å². The Balaban J connectivity index is 0.0000109. The van der Waals surface area contributed by atoms with Crippen LogP contribution in [0.1, 0.15) is 55.1 Å². The number of phenolic OH excluding ortho intramolecular Hbond substituents is 1. The molecule has 490 valence electrons. The number of fused-ring (bicyclic) bond motifs is 3. The predicted octanol–water partition coefficient (Wildman–Crippen LogP) is -7.13. The molecule has 14 atom stereocenters. The van der Waals surface area contributed by atoms with E-state index in [0.29, 0.717) is 16.2 Å². The second-order valence-electron chi connectivity index (χ2n) is 22.3. The number of primary amides is 1. The summed E-state index contributed by atoms with van der Waals surface area (Å²) in [5.74, 6) is -9.83. The number of carbonyl (C=O) groups is 8. The van der Waals surface area contributed by atoms with E-state index >= 15 is 0 Å². The summed E-state index contributed by atoms with van der Waals surface area (Å²) in [6.07, 6.45) is -14.4. The summed E-state index contributed by atoms with van der Waals surface area (Å²) in [4.78, 5) is 123. The first-order valence-electron chi connectivity index (χ1n) is 28.6. The van der Waals surface area contributed by atoms with Crippen LogP contribution in [0.3, 0.4) is 0 Å². The number of nitrogens with two attached hydrogens (primary N) is 1. The number of anilines is 1. The molecule has 0 saturated carbocycles. The molecule has 92 heavy (non-hydrogen) atoms. The van der Waals surface area contributed by atoms with Crippen LogP contribution in [0.5, 0.6) is 11.5 Å². The van der Waals surface area contributed by atoms with Crippen molar-refractivity contribution in [3.8, 4) is 33.3 Å². The summed E-state index contributed by atoms with van der Waals surface area (Å²) in [5, 5.41) is 121. The van der Waals surface area contributed by atoms with Gasteiger partial charge < -0.3 is 97.3 Å². The number of carbonyl (C=O) groups excluding carboxylic acids is 8. The van der Waals surface area contributed by atoms with E-state index < -0.39 is 183 Å². The summed E-state index contributed by atoms with van der Waals surface area (Å²) in [7, 11) is 0. The summed E-state index contributed by atoms with van der Waals surface area (Å²) in [6.45, 7) is 2.64. The van der Waals surface area contributed by atoms with Crippen LogP contribution in [-0.4, -0.2) is 230 Å². The second kappa shape index (κ2) is 31.4. The molecule has 4 aliphatic heterocycles. The zero-order valence-electron chi connectivity index (χ0n) is 49.5. The van der Waals surface area contributed by atoms with Crippen molar-refractivity contribution in [2.24, 2.45) is 11.7 Å². The van der Waals surface area contributed by atoms with E-state index in [2.05, 4.69) is 53.0 Å². The first kappa shape index (κ1) is 71.1. The van der Waals surface area contributed by atoms with Gasteiger partial charge in [-0.3, -0.25) is 43.4 Å². The topological polar surface area (TPSA) is 475 Å². The molecule has 4 fully saturated rings. The number of phenols is 1. The average molecular weight is 1350 g/mol. The molecule has 5 aromatic rings. The molecule has 0 aliphatic carbocycles. The maximum atomic E-state index is 14.7. The van der Waals surface area contributed by atoms with Gasteiger partial charge >= 0.3 is 29.6 Å². The first-order valence-corrected chi connectivity index (χ1v) is 31.2. The van der Waals surface area contributed by atoms with Gasteiger partial charge in [-0.05, 0) is 61.0 Å². The van der Waals surface area contributed by atoms with Crippen LogP contribution in [0.4, 0.5) is 5.69 Å². The Labute approximate surface area is 558 Å². The molecule has 4 saturated heterocycles. The normalized spacial score (nSPS) is 26.0. The van der Waals surface area contributed by atoms with Gasteiger partial charge in [0.05, 0.1) is 48.8 Å². The molecular formula is C56H67N12NaO20S3. The molecular weight excluding hydrogens is 1280 g/mol. The largest absolute Gasteiger partial charge is 1.00 e. The summed E-state index contributed by atoms with van der Waals surface area (Å²) < 4.78 is 10.7. The Morgan fingerprint density at radius 3 is 2.15 bits per heavy atom. The Hall–Kier alpha value is -6.78. The maximum absolute atomic E-state index is 14.7. The Bertz CT molecular complexity index is 3450. The molecule has 0 radical (unpaired) electrons. The fraction of sp³-hybridized carbons (Fsp3) is 0.464. The molecule has 3 aromatic carbocycles. The number of aromatic hydroxyl groups is 1. The molecule has 2 aromatic heterocycles. The molecule has 4 aliphatic rings. The van der Waals surface area contributed by atoms with Crippen molar-refractivity contribution in [2.45, 2.75) is 112 Å². The first-order chi connectivity index (χ1) is 43.4. The number of benzene rings is 3. The van der Waals surface area contributed by atoms with Crippen LogP contribution in [0.2, 0.25) is 0 Å². The zero-order chi connectivity index (χ0) is 65.5. The molecule has 9 rings (SSSR count). The number of imidazole rings is 1. The number of thioether (sulfide) groups is 1. The van der Waals surface area contributed by atoms with E-state index in [9.17, 15) is 84.5 Å². The van der Waals surface area contributed by atoms with Crippen LogP contribution < -0.4 is 76.2 Å². The van der Waals surface area contributed by atoms with E-state index in [1.54, 1.807) is 22.8 Å². The van der Waals surface area contributed by atoms with Crippen molar-refractivity contribution in [3.05, 3.63) is 84.1 Å². The van der Waals surface area contributed by atoms with Crippen molar-refractivity contribution >= 4 is 93.3 Å². The van der Waals surface area contributed by atoms with Gasteiger partial charge in [0.1, 0.15) is 53.5 Å². The standard InChI is InChI=1S/C56H68N12O20S3.Na/c1-25-22-67-44(45(25)75)52(82)58-21-32(70)18-34(59-48(78)28-5-3-27(4-6-28)35-24-68-56(60-35)90-53(64-68)29-7-10-31(11-8-29)65-13-15-89-16-14-65)49(79)61-41(26(2)69)54(83)66-23-33(71)19-36(66)50(80)63-43(51(81)62-42(55(67)84)38(73)20-40(57)74)47(77)46(76)30-9-12-37(72)39(17-30)86-91-88-87-85;/h3-12,17,24-26,32-34,36,38,41-47,69-73,75-77,85H,13-16,18-23H2,1-2H3,(H2,57,74)(H,58,82)(H,59,78)(H,61,79)(H,62,81)(H,63,80);/q;+1/p-1/t25?,26?,32?,33?,34-,36?,38?,41?,42?,43?,44?,45?,46?,47?;/m0./s1. The van der Waals surface area contributed by atoms with Gasteiger partial charge in [0.25, 0.3) is 18.2 Å². The van der Waals surface area contributed by atoms with Crippen LogP contribution in [-0.2, 0) is 42.9 Å². The number of aliphatic hydroxyl groups is 7. The summed E-state index contributed by atoms with van der Waals surface area (Å²) in [6, 6.07) is 4.84. The minimum atomic E-state index is -2.54. The fourth-order valence-electron chi connectivity index (χ4n) is 11.1. The van der Waals surface area contributed by atoms with E-state index in [1.807, 2.05) is 23.9 Å². The van der Waals surface area contributed by atoms with Crippen LogP contribution in [0.15, 0.2) is 72.9 Å². The van der Waals surface area contributed by atoms with Gasteiger partial charge in [-0.25, -0.2) is 9.50 Å². The van der Waals surface area contributed by atoms with E-state index in [1.165, 1.54) is 30.4 Å². The van der Waals surface area contributed by atoms with Crippen LogP contribution >= 0.6 is 35.4 Å². The van der Waals surface area contributed by atoms with Crippen molar-refractivity contribution < 1.29 is 128 Å². The third kappa shape index (κ3) is 16.6. The fourth-order valence-corrected chi connectivity index (χ4v) is 13.1. The smallest absolute Gasteiger partial charge is 0.691 e. The molecule has 13 unspecified atom stereocenters. The zero-order valence-corrected chi connectivity index (χ0v) is 54.0. The molecule has 8 amide bonds. The molecule has 0 spiro atoms. The van der Waals surface area contributed by atoms with Gasteiger partial charge in [0.2, 0.25) is 46.3 Å². The van der Waals surface area contributed by atoms with Gasteiger partial charge in [0, 0.05) is 85.4 Å². The number of nitrogens with zero attached hydrogens (tertiary/aromatic N) is 6. The van der Waals surface area contributed by atoms with Crippen molar-refractivity contribution in [1.82, 2.24) is 51.0 Å². The van der Waals surface area contributed by atoms with Crippen LogP contribution in [0, 0.1) is 5.92 Å². The number of hydrogen-bond acceptors (Lipinski definition) is 26. The monoisotopic (exact) mass is 1350 g/mol. The number of hydrogen-bond donors (Lipinski definition) is 14. The number of nitrogens with one attached hydrogen (secondary N) is 5. The average Bonchev–Trinajstić information content (AvgIpc) is 1.66. The maximum Gasteiger partial charge on any atom is 1.00 e. The third-order valence-electron chi connectivity index (χ3n) is 15.9. The Morgan fingerprint density at radius 1 is 0.826 bits per heavy atom. The number of aromatic nitrogens is 3. The number of amides is 8. The van der Waals surface area contributed by atoms with E-state index in [4.69, 9.17) is 20.0 Å². The molecule has 15 N–H and O–H groups in total. The molecule has 6 heterocycles. The van der Waals surface area contributed by atoms with Crippen molar-refractivity contribution in [1.29, 1.82) is 0 Å². The minimum Gasteiger partial charge on any atom is -0.691 e. The van der Waals surface area contributed by atoms with Crippen molar-refractivity contribution in [2.75, 3.05) is 49.1 Å². The SMILES string of the molecule is CC(O)C1NC(=O)[C@@H](NC(=O)c2ccc(-c3cn4nc(-c5ccc(N6CCSCC6)cc5)sc4n3)cc2)CC(O)CNC(=O)C2C(O)C(C)CN2C(=O)C(C(O)CC(N)=O)NC(=O)C(C(O)C(O)c2ccc(O)c(OSOO[O-])c2)NC(=O)C2CC(O)CN2C1=O.[Na+]. The number of aliphatic hydroxyl groups excluding tert-OH is 7. The van der Waals surface area contributed by atoms with E-state index in [0.717, 1.165) is 75.8 Å². The summed E-state index contributed by atoms with van der Waals surface area (Å²) >= 11 is 3.23. The quantitative estimate of drug-likeness (QED) is 0.0143. The van der Waals surface area contributed by atoms with Gasteiger partial charge in [-0.1, -0.05) is 36.5 Å². The molecule has 32 nitrogen and oxygen atoms in total.